The van der Waals surface area contributed by atoms with Gasteiger partial charge in [0.2, 0.25) is 10.0 Å². The summed E-state index contributed by atoms with van der Waals surface area (Å²) in [7, 11) is -3.10. The molecule has 0 unspecified atom stereocenters. The van der Waals surface area contributed by atoms with Crippen LogP contribution in [0.1, 0.15) is 52.9 Å². The van der Waals surface area contributed by atoms with E-state index in [1.54, 1.807) is 4.31 Å². The van der Waals surface area contributed by atoms with Crippen molar-refractivity contribution < 1.29 is 8.42 Å². The first-order chi connectivity index (χ1) is 7.95. The molecule has 0 saturated carbocycles. The minimum Gasteiger partial charge on any atom is -0.330 e. The van der Waals surface area contributed by atoms with E-state index >= 15 is 0 Å². The number of unbranched alkanes of at least 4 members (excludes halogenated alkanes) is 3. The lowest BCUT2D eigenvalue weighted by Crippen LogP contribution is -2.39. The fraction of sp³-hybridized carbons (Fsp3) is 1.00. The fourth-order valence-electron chi connectivity index (χ4n) is 1.78. The molecule has 0 atom stereocenters. The highest BCUT2D eigenvalue weighted by molar-refractivity contribution is 7.89. The molecule has 0 fully saturated rings. The Balaban J connectivity index is 4.35. The van der Waals surface area contributed by atoms with E-state index in [0.29, 0.717) is 19.5 Å². The Bertz CT molecular complexity index is 276. The Hall–Kier alpha value is -0.130. The number of nitrogens with zero attached hydrogens (tertiary/aromatic N) is 1. The Morgan fingerprint density at radius 1 is 1.12 bits per heavy atom. The lowest BCUT2D eigenvalue weighted by molar-refractivity contribution is 0.345. The number of nitrogens with two attached hydrogens (primary N) is 1. The van der Waals surface area contributed by atoms with Crippen molar-refractivity contribution in [3.05, 3.63) is 0 Å². The topological polar surface area (TPSA) is 63.4 Å². The van der Waals surface area contributed by atoms with E-state index in [0.717, 1.165) is 25.7 Å². The molecule has 0 radical (unpaired) electrons. The van der Waals surface area contributed by atoms with Gasteiger partial charge in [0.15, 0.2) is 0 Å². The van der Waals surface area contributed by atoms with E-state index in [2.05, 4.69) is 6.92 Å². The molecule has 0 saturated heterocycles. The second-order valence-corrected chi connectivity index (χ2v) is 6.76. The van der Waals surface area contributed by atoms with Crippen LogP contribution in [-0.2, 0) is 10.0 Å². The maximum Gasteiger partial charge on any atom is 0.214 e. The van der Waals surface area contributed by atoms with Crippen molar-refractivity contribution in [3.8, 4) is 0 Å². The van der Waals surface area contributed by atoms with E-state index in [1.807, 2.05) is 13.8 Å². The first kappa shape index (κ1) is 16.9. The van der Waals surface area contributed by atoms with Crippen LogP contribution in [-0.4, -0.2) is 37.6 Å². The van der Waals surface area contributed by atoms with Crippen molar-refractivity contribution in [1.29, 1.82) is 0 Å². The van der Waals surface area contributed by atoms with Crippen molar-refractivity contribution in [2.24, 2.45) is 5.73 Å². The third-order valence-electron chi connectivity index (χ3n) is 2.77. The second kappa shape index (κ2) is 8.89. The van der Waals surface area contributed by atoms with Gasteiger partial charge >= 0.3 is 0 Å². The van der Waals surface area contributed by atoms with Crippen molar-refractivity contribution in [3.63, 3.8) is 0 Å². The summed E-state index contributed by atoms with van der Waals surface area (Å²) in [6.07, 6.45) is 4.58. The average Bonchev–Trinajstić information content (AvgIpc) is 2.23. The zero-order chi connectivity index (χ0) is 13.3. The molecule has 0 spiro atoms. The molecule has 104 valence electrons. The molecule has 17 heavy (non-hydrogen) atoms. The third-order valence-corrected chi connectivity index (χ3v) is 4.90. The summed E-state index contributed by atoms with van der Waals surface area (Å²) in [5, 5.41) is 0. The quantitative estimate of drug-likeness (QED) is 0.613. The van der Waals surface area contributed by atoms with Gasteiger partial charge in [-0.3, -0.25) is 0 Å². The predicted octanol–water partition coefficient (Wildman–Crippen LogP) is 1.96. The van der Waals surface area contributed by atoms with Crippen LogP contribution in [0.3, 0.4) is 0 Å². The molecular weight excluding hydrogens is 236 g/mol. The monoisotopic (exact) mass is 264 g/mol. The lowest BCUT2D eigenvalue weighted by atomic mass is 10.2. The van der Waals surface area contributed by atoms with E-state index < -0.39 is 10.0 Å². The van der Waals surface area contributed by atoms with E-state index in [1.165, 1.54) is 0 Å². The zero-order valence-electron chi connectivity index (χ0n) is 11.5. The molecule has 0 aromatic heterocycles. The summed E-state index contributed by atoms with van der Waals surface area (Å²) >= 11 is 0. The van der Waals surface area contributed by atoms with Crippen molar-refractivity contribution >= 4 is 10.0 Å². The van der Waals surface area contributed by atoms with Crippen LogP contribution in [0.4, 0.5) is 0 Å². The highest BCUT2D eigenvalue weighted by atomic mass is 32.2. The van der Waals surface area contributed by atoms with Gasteiger partial charge in [-0.05, 0) is 39.7 Å². The van der Waals surface area contributed by atoms with Crippen LogP contribution in [0.25, 0.3) is 0 Å². The molecule has 5 heteroatoms. The molecule has 0 amide bonds. The number of hydrogen-bond acceptors (Lipinski definition) is 3. The fourth-order valence-corrected chi connectivity index (χ4v) is 3.64. The molecule has 0 aromatic carbocycles. The SMILES string of the molecule is CCCCCN(C(C)C)S(=O)(=O)CCCCN. The van der Waals surface area contributed by atoms with Crippen LogP contribution >= 0.6 is 0 Å². The van der Waals surface area contributed by atoms with Gasteiger partial charge in [-0.25, -0.2) is 8.42 Å². The van der Waals surface area contributed by atoms with E-state index in [4.69, 9.17) is 5.73 Å². The molecule has 0 aliphatic carbocycles. The normalized spacial score (nSPS) is 12.6. The molecular formula is C12H28N2O2S. The van der Waals surface area contributed by atoms with Crippen LogP contribution < -0.4 is 5.73 Å². The summed E-state index contributed by atoms with van der Waals surface area (Å²) < 4.78 is 25.9. The molecule has 0 aromatic rings. The highest BCUT2D eigenvalue weighted by Gasteiger charge is 2.23. The summed E-state index contributed by atoms with van der Waals surface area (Å²) in [6, 6.07) is 0.0507. The molecule has 0 heterocycles. The van der Waals surface area contributed by atoms with Gasteiger partial charge in [-0.2, -0.15) is 4.31 Å². The van der Waals surface area contributed by atoms with Crippen LogP contribution in [0.2, 0.25) is 0 Å². The molecule has 0 bridgehead atoms. The van der Waals surface area contributed by atoms with Crippen LogP contribution in [0.5, 0.6) is 0 Å². The van der Waals surface area contributed by atoms with Gasteiger partial charge in [-0.15, -0.1) is 0 Å². The number of rotatable bonds is 10. The lowest BCUT2D eigenvalue weighted by Gasteiger charge is -2.25. The maximum atomic E-state index is 12.1. The van der Waals surface area contributed by atoms with Gasteiger partial charge in [0.1, 0.15) is 0 Å². The average molecular weight is 264 g/mol. The zero-order valence-corrected chi connectivity index (χ0v) is 12.3. The minimum absolute atomic E-state index is 0.0507. The molecule has 2 N–H and O–H groups in total. The van der Waals surface area contributed by atoms with Crippen LogP contribution in [0.15, 0.2) is 0 Å². The van der Waals surface area contributed by atoms with Crippen LogP contribution in [0, 0.1) is 0 Å². The molecule has 0 rings (SSSR count). The highest BCUT2D eigenvalue weighted by Crippen LogP contribution is 2.11. The smallest absolute Gasteiger partial charge is 0.214 e. The van der Waals surface area contributed by atoms with Crippen molar-refractivity contribution in [1.82, 2.24) is 4.31 Å². The van der Waals surface area contributed by atoms with Gasteiger partial charge in [-0.1, -0.05) is 19.8 Å². The van der Waals surface area contributed by atoms with Gasteiger partial charge in [0, 0.05) is 12.6 Å². The predicted molar refractivity (Wildman–Crippen MR) is 73.4 cm³/mol. The molecule has 4 nitrogen and oxygen atoms in total. The summed E-state index contributed by atoms with van der Waals surface area (Å²) in [4.78, 5) is 0. The third kappa shape index (κ3) is 7.01. The Kier molecular flexibility index (Phi) is 8.82. The summed E-state index contributed by atoms with van der Waals surface area (Å²) in [6.45, 7) is 7.21. The van der Waals surface area contributed by atoms with Gasteiger partial charge < -0.3 is 5.73 Å². The van der Waals surface area contributed by atoms with Crippen molar-refractivity contribution in [2.75, 3.05) is 18.8 Å². The van der Waals surface area contributed by atoms with Gasteiger partial charge in [0.25, 0.3) is 0 Å². The van der Waals surface area contributed by atoms with Gasteiger partial charge in [0.05, 0.1) is 5.75 Å². The number of hydrogen-bond donors (Lipinski definition) is 1. The second-order valence-electron chi connectivity index (χ2n) is 4.72. The minimum atomic E-state index is -3.10. The Morgan fingerprint density at radius 3 is 2.24 bits per heavy atom. The Labute approximate surface area is 107 Å². The standard InChI is InChI=1S/C12H28N2O2S/c1-4-5-7-10-14(12(2)3)17(15,16)11-8-6-9-13/h12H,4-11,13H2,1-3H3. The molecule has 0 aliphatic heterocycles. The number of sulfonamides is 1. The van der Waals surface area contributed by atoms with E-state index in [-0.39, 0.29) is 11.8 Å². The van der Waals surface area contributed by atoms with E-state index in [9.17, 15) is 8.42 Å². The first-order valence-corrected chi connectivity index (χ1v) is 8.26. The Morgan fingerprint density at radius 2 is 1.76 bits per heavy atom. The van der Waals surface area contributed by atoms with Crippen molar-refractivity contribution in [2.45, 2.75) is 58.9 Å². The largest absolute Gasteiger partial charge is 0.330 e. The first-order valence-electron chi connectivity index (χ1n) is 6.65. The maximum absolute atomic E-state index is 12.1. The summed E-state index contributed by atoms with van der Waals surface area (Å²) in [5.41, 5.74) is 5.38. The summed E-state index contributed by atoms with van der Waals surface area (Å²) in [5.74, 6) is 0.231. The molecule has 0 aliphatic rings.